The summed E-state index contributed by atoms with van der Waals surface area (Å²) in [7, 11) is 0. The summed E-state index contributed by atoms with van der Waals surface area (Å²) in [5.74, 6) is 1.01. The Morgan fingerprint density at radius 2 is 1.50 bits per heavy atom. The Morgan fingerprint density at radius 3 is 1.88 bits per heavy atom. The van der Waals surface area contributed by atoms with Crippen molar-refractivity contribution in [3.8, 4) is 5.75 Å². The zero-order valence-electron chi connectivity index (χ0n) is 17.0. The smallest absolute Gasteiger partial charge is 0.308 e. The minimum atomic E-state index is -0.314. The van der Waals surface area contributed by atoms with E-state index in [-0.39, 0.29) is 16.8 Å². The predicted octanol–water partition coefficient (Wildman–Crippen LogP) is 5.05. The van der Waals surface area contributed by atoms with Crippen molar-refractivity contribution in [1.29, 1.82) is 0 Å². The number of esters is 1. The Hall–Kier alpha value is -2.43. The highest BCUT2D eigenvalue weighted by molar-refractivity contribution is 5.73. The lowest BCUT2D eigenvalue weighted by atomic mass is 9.79. The van der Waals surface area contributed by atoms with Gasteiger partial charge in [-0.2, -0.15) is 5.10 Å². The molecule has 0 bridgehead atoms. The lowest BCUT2D eigenvalue weighted by Gasteiger charge is -2.30. The fraction of sp³-hybridized carbons (Fsp3) is 0.476. The van der Waals surface area contributed by atoms with Gasteiger partial charge in [0.2, 0.25) is 0 Å². The Kier molecular flexibility index (Phi) is 5.40. The van der Waals surface area contributed by atoms with Gasteiger partial charge in [-0.1, -0.05) is 41.5 Å². The van der Waals surface area contributed by atoms with Gasteiger partial charge in [0, 0.05) is 23.7 Å². The van der Waals surface area contributed by atoms with Gasteiger partial charge in [-0.25, -0.2) is 0 Å². The highest BCUT2D eigenvalue weighted by Crippen LogP contribution is 2.42. The fourth-order valence-electron chi connectivity index (χ4n) is 2.68. The minimum absolute atomic E-state index is 0.193. The number of hydrogen-bond acceptors (Lipinski definition) is 5. The van der Waals surface area contributed by atoms with Crippen molar-refractivity contribution < 1.29 is 9.53 Å². The maximum absolute atomic E-state index is 11.7. The molecule has 5 nitrogen and oxygen atoms in total. The Balaban J connectivity index is 2.63. The first kappa shape index (κ1) is 19.9. The lowest BCUT2D eigenvalue weighted by Crippen LogP contribution is -2.21. The number of benzene rings is 1. The van der Waals surface area contributed by atoms with E-state index in [0.29, 0.717) is 11.6 Å². The average Bonchev–Trinajstić information content (AvgIpc) is 2.48. The van der Waals surface area contributed by atoms with Crippen molar-refractivity contribution in [3.63, 3.8) is 0 Å². The van der Waals surface area contributed by atoms with E-state index in [1.54, 1.807) is 0 Å². The molecule has 0 aliphatic carbocycles. The number of nitrogens with one attached hydrogen (secondary N) is 1. The number of anilines is 2. The second-order valence-electron chi connectivity index (χ2n) is 8.68. The maximum atomic E-state index is 11.7. The maximum Gasteiger partial charge on any atom is 0.308 e. The molecule has 1 aromatic carbocycles. The summed E-state index contributed by atoms with van der Waals surface area (Å²) in [5.41, 5.74) is 3.33. The molecule has 1 heterocycles. The van der Waals surface area contributed by atoms with Crippen molar-refractivity contribution in [3.05, 3.63) is 41.1 Å². The molecule has 0 spiro atoms. The zero-order valence-corrected chi connectivity index (χ0v) is 17.0. The molecule has 0 aliphatic rings. The summed E-state index contributed by atoms with van der Waals surface area (Å²) in [6.07, 6.45) is 0. The van der Waals surface area contributed by atoms with Gasteiger partial charge in [0.05, 0.1) is 5.69 Å². The van der Waals surface area contributed by atoms with E-state index >= 15 is 0 Å². The quantitative estimate of drug-likeness (QED) is 0.616. The number of carbonyl (C=O) groups excluding carboxylic acids is 1. The van der Waals surface area contributed by atoms with Crippen LogP contribution >= 0.6 is 0 Å². The Labute approximate surface area is 156 Å². The van der Waals surface area contributed by atoms with E-state index in [1.807, 2.05) is 31.2 Å². The number of aromatic nitrogens is 2. The molecule has 140 valence electrons. The molecule has 0 radical (unpaired) electrons. The van der Waals surface area contributed by atoms with E-state index in [9.17, 15) is 4.79 Å². The van der Waals surface area contributed by atoms with Crippen LogP contribution < -0.4 is 10.1 Å². The van der Waals surface area contributed by atoms with Crippen LogP contribution in [0.15, 0.2) is 24.3 Å². The van der Waals surface area contributed by atoms with Crippen LogP contribution in [-0.2, 0) is 15.6 Å². The van der Waals surface area contributed by atoms with Gasteiger partial charge >= 0.3 is 5.97 Å². The van der Waals surface area contributed by atoms with Gasteiger partial charge in [0.25, 0.3) is 0 Å². The van der Waals surface area contributed by atoms with Crippen LogP contribution in [0.1, 0.15) is 65.3 Å². The fourth-order valence-corrected chi connectivity index (χ4v) is 2.68. The van der Waals surface area contributed by atoms with Crippen molar-refractivity contribution in [2.24, 2.45) is 0 Å². The molecule has 5 heteroatoms. The van der Waals surface area contributed by atoms with E-state index in [4.69, 9.17) is 4.74 Å². The molecular formula is C21H29N3O2. The summed E-state index contributed by atoms with van der Waals surface area (Å²) in [6.45, 7) is 16.0. The van der Waals surface area contributed by atoms with Crippen LogP contribution in [0.5, 0.6) is 5.75 Å². The van der Waals surface area contributed by atoms with Crippen LogP contribution in [0.25, 0.3) is 0 Å². The van der Waals surface area contributed by atoms with Gasteiger partial charge in [0.1, 0.15) is 5.75 Å². The Bertz CT molecular complexity index is 762. The molecule has 0 saturated heterocycles. The number of rotatable bonds is 3. The van der Waals surface area contributed by atoms with Gasteiger partial charge in [-0.05, 0) is 42.0 Å². The normalized spacial score (nSPS) is 12.0. The number of hydrogen-bond donors (Lipinski definition) is 1. The number of nitrogens with zero attached hydrogens (tertiary/aromatic N) is 2. The van der Waals surface area contributed by atoms with Crippen LogP contribution in [0, 0.1) is 6.92 Å². The Morgan fingerprint density at radius 1 is 0.962 bits per heavy atom. The van der Waals surface area contributed by atoms with Crippen molar-refractivity contribution in [2.45, 2.75) is 66.2 Å². The van der Waals surface area contributed by atoms with Crippen molar-refractivity contribution >= 4 is 17.5 Å². The number of aryl methyl sites for hydroxylation is 1. The molecule has 0 fully saturated rings. The van der Waals surface area contributed by atoms with Crippen molar-refractivity contribution in [2.75, 3.05) is 5.32 Å². The molecule has 0 aliphatic heterocycles. The highest BCUT2D eigenvalue weighted by Gasteiger charge is 2.29. The average molecular weight is 355 g/mol. The number of carbonyl (C=O) groups is 1. The topological polar surface area (TPSA) is 64.1 Å². The molecule has 0 unspecified atom stereocenters. The molecule has 2 aromatic rings. The second-order valence-corrected chi connectivity index (χ2v) is 8.68. The van der Waals surface area contributed by atoms with Crippen LogP contribution in [0.4, 0.5) is 11.5 Å². The van der Waals surface area contributed by atoms with Gasteiger partial charge in [-0.3, -0.25) is 4.79 Å². The molecule has 0 saturated carbocycles. The molecule has 0 amide bonds. The van der Waals surface area contributed by atoms with Crippen LogP contribution in [-0.4, -0.2) is 16.2 Å². The first-order valence-electron chi connectivity index (χ1n) is 8.82. The van der Waals surface area contributed by atoms with E-state index in [2.05, 4.69) is 57.1 Å². The van der Waals surface area contributed by atoms with Crippen molar-refractivity contribution in [1.82, 2.24) is 10.2 Å². The van der Waals surface area contributed by atoms with Gasteiger partial charge in [-0.15, -0.1) is 5.10 Å². The van der Waals surface area contributed by atoms with Crippen LogP contribution in [0.2, 0.25) is 0 Å². The molecular weight excluding hydrogens is 326 g/mol. The van der Waals surface area contributed by atoms with E-state index in [1.165, 1.54) is 6.92 Å². The first-order chi connectivity index (χ1) is 11.9. The van der Waals surface area contributed by atoms with Crippen LogP contribution in [0.3, 0.4) is 0 Å². The number of ether oxygens (including phenoxy) is 1. The summed E-state index contributed by atoms with van der Waals surface area (Å²) in [4.78, 5) is 11.7. The summed E-state index contributed by atoms with van der Waals surface area (Å²) in [5, 5.41) is 11.6. The monoisotopic (exact) mass is 355 g/mol. The third-order valence-electron chi connectivity index (χ3n) is 4.02. The predicted molar refractivity (Wildman–Crippen MR) is 105 cm³/mol. The van der Waals surface area contributed by atoms with Gasteiger partial charge in [0.15, 0.2) is 5.82 Å². The lowest BCUT2D eigenvalue weighted by molar-refractivity contribution is -0.132. The van der Waals surface area contributed by atoms with E-state index < -0.39 is 0 Å². The summed E-state index contributed by atoms with van der Waals surface area (Å²) >= 11 is 0. The SMILES string of the molecule is CC(=O)Oc1c(C(C)(C)C)cc(Nc2ccc(C)nn2)cc1C(C)(C)C. The first-order valence-corrected chi connectivity index (χ1v) is 8.82. The van der Waals surface area contributed by atoms with E-state index in [0.717, 1.165) is 22.5 Å². The highest BCUT2D eigenvalue weighted by atomic mass is 16.5. The largest absolute Gasteiger partial charge is 0.426 e. The molecule has 26 heavy (non-hydrogen) atoms. The van der Waals surface area contributed by atoms with Gasteiger partial charge < -0.3 is 10.1 Å². The summed E-state index contributed by atoms with van der Waals surface area (Å²) in [6, 6.07) is 7.86. The molecule has 1 aromatic heterocycles. The molecule has 0 atom stereocenters. The third kappa shape index (κ3) is 4.81. The minimum Gasteiger partial charge on any atom is -0.426 e. The standard InChI is InChI=1S/C21H29N3O2/c1-13-9-10-18(24-23-13)22-15-11-16(20(3,4)5)19(26-14(2)25)17(12-15)21(6,7)8/h9-12H,1-8H3,(H,22,24). The molecule has 1 N–H and O–H groups in total. The second kappa shape index (κ2) is 7.06. The summed E-state index contributed by atoms with van der Waals surface area (Å²) < 4.78 is 5.66. The molecule has 2 rings (SSSR count). The zero-order chi connectivity index (χ0) is 19.7. The third-order valence-corrected chi connectivity index (χ3v) is 4.02.